The normalized spacial score (nSPS) is 10.5. The van der Waals surface area contributed by atoms with Crippen molar-refractivity contribution in [2.24, 2.45) is 7.05 Å². The molecule has 1 aromatic rings. The first kappa shape index (κ1) is 9.73. The van der Waals surface area contributed by atoms with E-state index in [-0.39, 0.29) is 5.92 Å². The number of amides is 1. The Morgan fingerprint density at radius 2 is 2.31 bits per heavy atom. The van der Waals surface area contributed by atoms with Crippen molar-refractivity contribution in [3.63, 3.8) is 0 Å². The Morgan fingerprint density at radius 1 is 1.69 bits per heavy atom. The van der Waals surface area contributed by atoms with Gasteiger partial charge in [-0.25, -0.2) is 5.48 Å². The van der Waals surface area contributed by atoms with Gasteiger partial charge < -0.3 is 0 Å². The van der Waals surface area contributed by atoms with Crippen LogP contribution in [0.15, 0.2) is 6.20 Å². The third kappa shape index (κ3) is 1.86. The molecular weight excluding hydrogens is 170 g/mol. The Balaban J connectivity index is 3.11. The van der Waals surface area contributed by atoms with E-state index in [9.17, 15) is 4.79 Å². The van der Waals surface area contributed by atoms with E-state index < -0.39 is 5.91 Å². The molecule has 0 saturated heterocycles. The Morgan fingerprint density at radius 3 is 2.77 bits per heavy atom. The van der Waals surface area contributed by atoms with E-state index in [4.69, 9.17) is 5.21 Å². The summed E-state index contributed by atoms with van der Waals surface area (Å²) in [6.45, 7) is 3.88. The van der Waals surface area contributed by atoms with Gasteiger partial charge >= 0.3 is 0 Å². The van der Waals surface area contributed by atoms with Gasteiger partial charge in [-0.3, -0.25) is 14.7 Å². The van der Waals surface area contributed by atoms with Gasteiger partial charge in [-0.1, -0.05) is 13.8 Å². The fourth-order valence-electron chi connectivity index (χ4n) is 1.17. The van der Waals surface area contributed by atoms with Gasteiger partial charge in [-0.15, -0.1) is 0 Å². The van der Waals surface area contributed by atoms with E-state index in [2.05, 4.69) is 5.10 Å². The second-order valence-corrected chi connectivity index (χ2v) is 3.20. The lowest BCUT2D eigenvalue weighted by molar-refractivity contribution is 0.0705. The van der Waals surface area contributed by atoms with Crippen LogP contribution in [0.5, 0.6) is 0 Å². The number of nitrogens with zero attached hydrogens (tertiary/aromatic N) is 2. The summed E-state index contributed by atoms with van der Waals surface area (Å²) in [5.41, 5.74) is 2.70. The molecule has 1 amide bonds. The highest BCUT2D eigenvalue weighted by Gasteiger charge is 2.16. The lowest BCUT2D eigenvalue weighted by Gasteiger charge is -2.02. The number of aryl methyl sites for hydroxylation is 1. The minimum atomic E-state index is -0.517. The third-order valence-corrected chi connectivity index (χ3v) is 1.75. The number of rotatable bonds is 2. The maximum Gasteiger partial charge on any atom is 0.278 e. The Hall–Kier alpha value is -1.36. The van der Waals surface area contributed by atoms with Crippen molar-refractivity contribution in [1.29, 1.82) is 0 Å². The standard InChI is InChI=1S/C8H13N3O2/c1-5(2)7-6(8(12)10-13)4-11(3)9-7/h4-5,13H,1-3H3,(H,10,12). The van der Waals surface area contributed by atoms with Gasteiger partial charge in [-0.2, -0.15) is 5.10 Å². The van der Waals surface area contributed by atoms with Crippen LogP contribution in [0.2, 0.25) is 0 Å². The average Bonchev–Trinajstić information content (AvgIpc) is 2.46. The molecule has 2 N–H and O–H groups in total. The van der Waals surface area contributed by atoms with Gasteiger partial charge in [0.05, 0.1) is 11.3 Å². The fraction of sp³-hybridized carbons (Fsp3) is 0.500. The molecule has 5 nitrogen and oxygen atoms in total. The number of hydrogen-bond acceptors (Lipinski definition) is 3. The molecule has 0 spiro atoms. The summed E-state index contributed by atoms with van der Waals surface area (Å²) < 4.78 is 1.56. The van der Waals surface area contributed by atoms with Crippen LogP contribution in [-0.4, -0.2) is 20.9 Å². The predicted octanol–water partition coefficient (Wildman–Crippen LogP) is 0.662. The maximum absolute atomic E-state index is 11.1. The molecule has 5 heteroatoms. The quantitative estimate of drug-likeness (QED) is 0.523. The Kier molecular flexibility index (Phi) is 2.67. The van der Waals surface area contributed by atoms with Crippen molar-refractivity contribution < 1.29 is 10.0 Å². The van der Waals surface area contributed by atoms with Crippen LogP contribution in [0.3, 0.4) is 0 Å². The van der Waals surface area contributed by atoms with Gasteiger partial charge in [0.15, 0.2) is 0 Å². The summed E-state index contributed by atoms with van der Waals surface area (Å²) in [5, 5.41) is 12.6. The largest absolute Gasteiger partial charge is 0.288 e. The molecule has 0 aliphatic rings. The van der Waals surface area contributed by atoms with E-state index in [0.29, 0.717) is 11.3 Å². The number of carbonyl (C=O) groups excluding carboxylic acids is 1. The highest BCUT2D eigenvalue weighted by atomic mass is 16.5. The molecule has 0 aromatic carbocycles. The Bertz CT molecular complexity index is 317. The first-order valence-electron chi connectivity index (χ1n) is 4.04. The summed E-state index contributed by atoms with van der Waals surface area (Å²) in [7, 11) is 1.74. The van der Waals surface area contributed by atoms with Crippen LogP contribution in [0.1, 0.15) is 35.8 Å². The first-order valence-corrected chi connectivity index (χ1v) is 4.04. The second-order valence-electron chi connectivity index (χ2n) is 3.20. The summed E-state index contributed by atoms with van der Waals surface area (Å²) >= 11 is 0. The zero-order valence-corrected chi connectivity index (χ0v) is 7.90. The molecular formula is C8H13N3O2. The predicted molar refractivity (Wildman–Crippen MR) is 46.5 cm³/mol. The minimum Gasteiger partial charge on any atom is -0.288 e. The van der Waals surface area contributed by atoms with Crippen molar-refractivity contribution >= 4 is 5.91 Å². The SMILES string of the molecule is CC(C)c1nn(C)cc1C(=O)NO. The molecule has 1 aromatic heterocycles. The first-order chi connectivity index (χ1) is 6.06. The zero-order chi connectivity index (χ0) is 10.0. The number of carbonyl (C=O) groups is 1. The van der Waals surface area contributed by atoms with Gasteiger partial charge in [0.25, 0.3) is 5.91 Å². The van der Waals surface area contributed by atoms with Crippen molar-refractivity contribution in [3.8, 4) is 0 Å². The minimum absolute atomic E-state index is 0.161. The average molecular weight is 183 g/mol. The van der Waals surface area contributed by atoms with Crippen molar-refractivity contribution in [3.05, 3.63) is 17.5 Å². The van der Waals surface area contributed by atoms with E-state index in [1.165, 1.54) is 0 Å². The molecule has 0 saturated carbocycles. The van der Waals surface area contributed by atoms with Gasteiger partial charge in [-0.05, 0) is 5.92 Å². The lowest BCUT2D eigenvalue weighted by Crippen LogP contribution is -2.19. The van der Waals surface area contributed by atoms with Crippen LogP contribution >= 0.6 is 0 Å². The molecule has 1 heterocycles. The summed E-state index contributed by atoms with van der Waals surface area (Å²) in [6.07, 6.45) is 1.58. The summed E-state index contributed by atoms with van der Waals surface area (Å²) in [5.74, 6) is -0.356. The number of hydroxylamine groups is 1. The van der Waals surface area contributed by atoms with Gasteiger partial charge in [0.2, 0.25) is 0 Å². The van der Waals surface area contributed by atoms with E-state index in [1.54, 1.807) is 23.4 Å². The van der Waals surface area contributed by atoms with Gasteiger partial charge in [0.1, 0.15) is 0 Å². The zero-order valence-electron chi connectivity index (χ0n) is 7.90. The van der Waals surface area contributed by atoms with Gasteiger partial charge in [0, 0.05) is 13.2 Å². The van der Waals surface area contributed by atoms with Crippen LogP contribution in [0.4, 0.5) is 0 Å². The topological polar surface area (TPSA) is 67.2 Å². The number of hydrogen-bond donors (Lipinski definition) is 2. The van der Waals surface area contributed by atoms with Crippen LogP contribution in [-0.2, 0) is 7.05 Å². The molecule has 1 rings (SSSR count). The van der Waals surface area contributed by atoms with E-state index in [1.807, 2.05) is 13.8 Å². The van der Waals surface area contributed by atoms with E-state index >= 15 is 0 Å². The summed E-state index contributed by atoms with van der Waals surface area (Å²) in [6, 6.07) is 0. The van der Waals surface area contributed by atoms with Crippen LogP contribution in [0.25, 0.3) is 0 Å². The number of nitrogens with one attached hydrogen (secondary N) is 1. The highest BCUT2D eigenvalue weighted by molar-refractivity contribution is 5.94. The lowest BCUT2D eigenvalue weighted by atomic mass is 10.1. The molecule has 0 unspecified atom stereocenters. The smallest absolute Gasteiger partial charge is 0.278 e. The van der Waals surface area contributed by atoms with Crippen molar-refractivity contribution in [2.75, 3.05) is 0 Å². The fourth-order valence-corrected chi connectivity index (χ4v) is 1.17. The van der Waals surface area contributed by atoms with E-state index in [0.717, 1.165) is 0 Å². The maximum atomic E-state index is 11.1. The van der Waals surface area contributed by atoms with Crippen LogP contribution < -0.4 is 5.48 Å². The molecule has 0 radical (unpaired) electrons. The molecule has 72 valence electrons. The second kappa shape index (κ2) is 3.57. The summed E-state index contributed by atoms with van der Waals surface area (Å²) in [4.78, 5) is 11.1. The highest BCUT2D eigenvalue weighted by Crippen LogP contribution is 2.16. The van der Waals surface area contributed by atoms with Crippen molar-refractivity contribution in [2.45, 2.75) is 19.8 Å². The number of aromatic nitrogens is 2. The molecule has 0 aliphatic carbocycles. The molecule has 0 fully saturated rings. The molecule has 13 heavy (non-hydrogen) atoms. The molecule has 0 atom stereocenters. The van der Waals surface area contributed by atoms with Crippen molar-refractivity contribution in [1.82, 2.24) is 15.3 Å². The monoisotopic (exact) mass is 183 g/mol. The molecule has 0 bridgehead atoms. The molecule has 0 aliphatic heterocycles. The Labute approximate surface area is 76.3 Å². The third-order valence-electron chi connectivity index (χ3n) is 1.75. The van der Waals surface area contributed by atoms with Crippen LogP contribution in [0, 0.1) is 0 Å².